The van der Waals surface area contributed by atoms with Crippen LogP contribution in [0.4, 0.5) is 0 Å². The van der Waals surface area contributed by atoms with Gasteiger partial charge in [-0.15, -0.1) is 0 Å². The van der Waals surface area contributed by atoms with Gasteiger partial charge in [0.05, 0.1) is 6.54 Å². The summed E-state index contributed by atoms with van der Waals surface area (Å²) in [6.45, 7) is 2.85. The second kappa shape index (κ2) is 4.40. The minimum absolute atomic E-state index is 0.0514. The van der Waals surface area contributed by atoms with Gasteiger partial charge in [0.1, 0.15) is 18.1 Å². The van der Waals surface area contributed by atoms with Crippen molar-refractivity contribution in [2.24, 2.45) is 0 Å². The Morgan fingerprint density at radius 3 is 2.50 bits per heavy atom. The molecule has 0 aliphatic rings. The van der Waals surface area contributed by atoms with E-state index in [2.05, 4.69) is 0 Å². The van der Waals surface area contributed by atoms with Crippen molar-refractivity contribution in [3.63, 3.8) is 0 Å². The van der Waals surface area contributed by atoms with Gasteiger partial charge in [0.2, 0.25) is 0 Å². The van der Waals surface area contributed by atoms with Crippen LogP contribution < -0.4 is 5.69 Å². The Morgan fingerprint density at radius 1 is 1.25 bits per heavy atom. The summed E-state index contributed by atoms with van der Waals surface area (Å²) in [4.78, 5) is 11.7. The summed E-state index contributed by atoms with van der Waals surface area (Å²) >= 11 is 0. The summed E-state index contributed by atoms with van der Waals surface area (Å²) in [5.41, 5.74) is -0.0514. The van der Waals surface area contributed by atoms with Gasteiger partial charge in [-0.2, -0.15) is 0 Å². The molecule has 0 atom stereocenters. The highest BCUT2D eigenvalue weighted by Crippen LogP contribution is 2.08. The van der Waals surface area contributed by atoms with Crippen LogP contribution in [0.25, 0.3) is 0 Å². The van der Waals surface area contributed by atoms with Crippen LogP contribution in [0, 0.1) is 0 Å². The molecule has 0 saturated heterocycles. The lowest BCUT2D eigenvalue weighted by Crippen LogP contribution is -2.23. The Hall–Kier alpha value is -1.75. The van der Waals surface area contributed by atoms with E-state index in [0.717, 1.165) is 0 Å². The molecule has 0 aliphatic heterocycles. The molecule has 0 bridgehead atoms. The zero-order valence-corrected chi connectivity index (χ0v) is 9.09. The molecule has 5 heteroatoms. The standard InChI is InChI=1S/C11H14N2O3/c1-2-12-5-6-13(11(12)15)7-9-3-4-10(8-14)16-9/h3-6,14H,2,7-8H2,1H3. The Balaban J connectivity index is 2.20. The van der Waals surface area contributed by atoms with E-state index in [1.165, 1.54) is 0 Å². The van der Waals surface area contributed by atoms with E-state index < -0.39 is 0 Å². The van der Waals surface area contributed by atoms with Crippen LogP contribution in [0.15, 0.2) is 33.7 Å². The van der Waals surface area contributed by atoms with Gasteiger partial charge in [-0.3, -0.25) is 9.13 Å². The second-order valence-corrected chi connectivity index (χ2v) is 3.52. The van der Waals surface area contributed by atoms with Crippen molar-refractivity contribution in [3.05, 3.63) is 46.5 Å². The van der Waals surface area contributed by atoms with Gasteiger partial charge in [-0.25, -0.2) is 4.79 Å². The number of imidazole rings is 1. The van der Waals surface area contributed by atoms with Crippen molar-refractivity contribution in [2.75, 3.05) is 0 Å². The molecule has 0 aromatic carbocycles. The SMILES string of the molecule is CCn1ccn(Cc2ccc(CO)o2)c1=O. The number of furan rings is 1. The summed E-state index contributed by atoms with van der Waals surface area (Å²) in [5.74, 6) is 1.18. The Labute approximate surface area is 92.5 Å². The van der Waals surface area contributed by atoms with Crippen LogP contribution in [-0.4, -0.2) is 14.2 Å². The van der Waals surface area contributed by atoms with E-state index in [9.17, 15) is 4.79 Å². The van der Waals surface area contributed by atoms with Crippen LogP contribution in [0.5, 0.6) is 0 Å². The van der Waals surface area contributed by atoms with Crippen molar-refractivity contribution in [2.45, 2.75) is 26.6 Å². The molecule has 2 heterocycles. The number of aliphatic hydroxyl groups is 1. The Morgan fingerprint density at radius 2 is 1.94 bits per heavy atom. The number of aryl methyl sites for hydroxylation is 1. The smallest absolute Gasteiger partial charge is 0.328 e. The first kappa shape index (κ1) is 10.8. The molecular weight excluding hydrogens is 208 g/mol. The first-order valence-electron chi connectivity index (χ1n) is 5.18. The average Bonchev–Trinajstić information content (AvgIpc) is 2.88. The minimum atomic E-state index is -0.120. The maximum atomic E-state index is 11.7. The zero-order chi connectivity index (χ0) is 11.5. The highest BCUT2D eigenvalue weighted by Gasteiger charge is 2.05. The third kappa shape index (κ3) is 1.94. The largest absolute Gasteiger partial charge is 0.462 e. The van der Waals surface area contributed by atoms with Crippen molar-refractivity contribution in [3.8, 4) is 0 Å². The van der Waals surface area contributed by atoms with Gasteiger partial charge < -0.3 is 9.52 Å². The van der Waals surface area contributed by atoms with E-state index in [1.807, 2.05) is 6.92 Å². The maximum Gasteiger partial charge on any atom is 0.328 e. The fraction of sp³-hybridized carbons (Fsp3) is 0.364. The molecule has 2 aromatic heterocycles. The van der Waals surface area contributed by atoms with Crippen molar-refractivity contribution in [1.29, 1.82) is 0 Å². The van der Waals surface area contributed by atoms with E-state index in [-0.39, 0.29) is 12.3 Å². The van der Waals surface area contributed by atoms with E-state index in [1.54, 1.807) is 33.7 Å². The Bertz CT molecular complexity index is 521. The monoisotopic (exact) mass is 222 g/mol. The molecule has 86 valence electrons. The molecule has 2 rings (SSSR count). The van der Waals surface area contributed by atoms with Gasteiger partial charge >= 0.3 is 5.69 Å². The number of aliphatic hydroxyl groups excluding tert-OH is 1. The van der Waals surface area contributed by atoms with Crippen LogP contribution in [0.3, 0.4) is 0 Å². The van der Waals surface area contributed by atoms with Gasteiger partial charge in [-0.1, -0.05) is 0 Å². The predicted octanol–water partition coefficient (Wildman–Crippen LogP) is 0.803. The molecule has 0 saturated carbocycles. The number of hydrogen-bond acceptors (Lipinski definition) is 3. The molecule has 0 unspecified atom stereocenters. The van der Waals surface area contributed by atoms with E-state index in [4.69, 9.17) is 9.52 Å². The maximum absolute atomic E-state index is 11.7. The van der Waals surface area contributed by atoms with Crippen molar-refractivity contribution < 1.29 is 9.52 Å². The van der Waals surface area contributed by atoms with Gasteiger partial charge in [0.25, 0.3) is 0 Å². The minimum Gasteiger partial charge on any atom is -0.462 e. The second-order valence-electron chi connectivity index (χ2n) is 3.52. The topological polar surface area (TPSA) is 60.3 Å². The molecule has 1 N–H and O–H groups in total. The van der Waals surface area contributed by atoms with E-state index in [0.29, 0.717) is 24.6 Å². The summed E-state index contributed by atoms with van der Waals surface area (Å²) < 4.78 is 8.51. The molecule has 0 radical (unpaired) electrons. The molecule has 0 amide bonds. The first-order valence-corrected chi connectivity index (χ1v) is 5.18. The predicted molar refractivity (Wildman–Crippen MR) is 58.1 cm³/mol. The summed E-state index contributed by atoms with van der Waals surface area (Å²) in [5, 5.41) is 8.85. The molecule has 0 spiro atoms. The van der Waals surface area contributed by atoms with Crippen molar-refractivity contribution in [1.82, 2.24) is 9.13 Å². The normalized spacial score (nSPS) is 10.9. The average molecular weight is 222 g/mol. The highest BCUT2D eigenvalue weighted by molar-refractivity contribution is 5.07. The van der Waals surface area contributed by atoms with Crippen LogP contribution in [0.2, 0.25) is 0 Å². The summed E-state index contributed by atoms with van der Waals surface area (Å²) in [6.07, 6.45) is 3.48. The molecule has 16 heavy (non-hydrogen) atoms. The fourth-order valence-corrected chi connectivity index (χ4v) is 1.57. The lowest BCUT2D eigenvalue weighted by molar-refractivity contribution is 0.243. The number of hydrogen-bond donors (Lipinski definition) is 1. The number of aromatic nitrogens is 2. The van der Waals surface area contributed by atoms with Crippen molar-refractivity contribution >= 4 is 0 Å². The lowest BCUT2D eigenvalue weighted by atomic mass is 10.4. The summed E-state index contributed by atoms with van der Waals surface area (Å²) in [7, 11) is 0. The van der Waals surface area contributed by atoms with Gasteiger partial charge in [-0.05, 0) is 19.1 Å². The summed E-state index contributed by atoms with van der Waals surface area (Å²) in [6, 6.07) is 3.47. The third-order valence-electron chi connectivity index (χ3n) is 2.46. The number of nitrogens with zero attached hydrogens (tertiary/aromatic N) is 2. The molecule has 5 nitrogen and oxygen atoms in total. The van der Waals surface area contributed by atoms with Gasteiger partial charge in [0, 0.05) is 18.9 Å². The third-order valence-corrected chi connectivity index (χ3v) is 2.46. The van der Waals surface area contributed by atoms with Gasteiger partial charge in [0.15, 0.2) is 0 Å². The molecule has 0 fully saturated rings. The van der Waals surface area contributed by atoms with E-state index >= 15 is 0 Å². The fourth-order valence-electron chi connectivity index (χ4n) is 1.57. The van der Waals surface area contributed by atoms with Crippen LogP contribution in [0.1, 0.15) is 18.4 Å². The zero-order valence-electron chi connectivity index (χ0n) is 9.09. The van der Waals surface area contributed by atoms with Crippen LogP contribution >= 0.6 is 0 Å². The first-order chi connectivity index (χ1) is 7.74. The molecule has 2 aromatic rings. The Kier molecular flexibility index (Phi) is 2.96. The molecular formula is C11H14N2O3. The quantitative estimate of drug-likeness (QED) is 0.832. The van der Waals surface area contributed by atoms with Crippen LogP contribution in [-0.2, 0) is 19.7 Å². The lowest BCUT2D eigenvalue weighted by Gasteiger charge is -1.98. The highest BCUT2D eigenvalue weighted by atomic mass is 16.4. The molecule has 0 aliphatic carbocycles. The number of rotatable bonds is 4.